The zero-order chi connectivity index (χ0) is 11.7. The van der Waals surface area contributed by atoms with Crippen molar-refractivity contribution in [3.05, 3.63) is 35.8 Å². The maximum atomic E-state index is 13.1. The molecule has 1 N–H and O–H groups in total. The first-order chi connectivity index (χ1) is 7.58. The number of halogens is 1. The van der Waals surface area contributed by atoms with Gasteiger partial charge < -0.3 is 9.67 Å². The molecule has 4 heteroatoms. The number of aliphatic carboxylic acids is 1. The maximum absolute atomic E-state index is 13.1. The van der Waals surface area contributed by atoms with E-state index in [0.717, 1.165) is 16.6 Å². The fourth-order valence-corrected chi connectivity index (χ4v) is 1.87. The molecule has 0 aliphatic heterocycles. The number of carbonyl (C=O) groups is 1. The first kappa shape index (κ1) is 10.7. The Morgan fingerprint density at radius 3 is 2.88 bits per heavy atom. The second kappa shape index (κ2) is 3.96. The van der Waals surface area contributed by atoms with Crippen molar-refractivity contribution in [3.8, 4) is 0 Å². The Bertz CT molecular complexity index is 545. The van der Waals surface area contributed by atoms with Gasteiger partial charge in [-0.1, -0.05) is 0 Å². The summed E-state index contributed by atoms with van der Waals surface area (Å²) in [4.78, 5) is 10.5. The first-order valence-electron chi connectivity index (χ1n) is 5.05. The number of hydrogen-bond donors (Lipinski definition) is 1. The van der Waals surface area contributed by atoms with Crippen LogP contribution in [0.25, 0.3) is 10.9 Å². The van der Waals surface area contributed by atoms with Crippen molar-refractivity contribution in [2.24, 2.45) is 0 Å². The van der Waals surface area contributed by atoms with E-state index >= 15 is 0 Å². The summed E-state index contributed by atoms with van der Waals surface area (Å²) >= 11 is 0. The van der Waals surface area contributed by atoms with Gasteiger partial charge in [0.05, 0.1) is 11.9 Å². The van der Waals surface area contributed by atoms with Crippen LogP contribution in [0.3, 0.4) is 0 Å². The topological polar surface area (TPSA) is 42.2 Å². The summed E-state index contributed by atoms with van der Waals surface area (Å²) in [6.07, 6.45) is 0.0428. The van der Waals surface area contributed by atoms with E-state index < -0.39 is 5.97 Å². The van der Waals surface area contributed by atoms with Gasteiger partial charge in [-0.25, -0.2) is 4.39 Å². The van der Waals surface area contributed by atoms with Gasteiger partial charge in [0, 0.05) is 17.6 Å². The van der Waals surface area contributed by atoms with Crippen molar-refractivity contribution < 1.29 is 14.3 Å². The molecule has 0 aliphatic carbocycles. The van der Waals surface area contributed by atoms with E-state index in [4.69, 9.17) is 5.11 Å². The SMILES string of the molecule is Cc1cc2ccc(F)cc2n1CCC(=O)O. The van der Waals surface area contributed by atoms with E-state index in [1.54, 1.807) is 6.07 Å². The van der Waals surface area contributed by atoms with Gasteiger partial charge >= 0.3 is 5.97 Å². The highest BCUT2D eigenvalue weighted by Crippen LogP contribution is 2.20. The molecule has 0 spiro atoms. The lowest BCUT2D eigenvalue weighted by atomic mass is 10.2. The molecule has 0 aliphatic rings. The van der Waals surface area contributed by atoms with Gasteiger partial charge in [0.1, 0.15) is 5.82 Å². The minimum absolute atomic E-state index is 0.0428. The van der Waals surface area contributed by atoms with E-state index in [9.17, 15) is 9.18 Å². The number of rotatable bonds is 3. The number of nitrogens with zero attached hydrogens (tertiary/aromatic N) is 1. The molecular weight excluding hydrogens is 209 g/mol. The Morgan fingerprint density at radius 1 is 1.44 bits per heavy atom. The first-order valence-corrected chi connectivity index (χ1v) is 5.05. The van der Waals surface area contributed by atoms with Crippen LogP contribution in [0, 0.1) is 12.7 Å². The van der Waals surface area contributed by atoms with Crippen LogP contribution < -0.4 is 0 Å². The van der Waals surface area contributed by atoms with Gasteiger partial charge in [-0.15, -0.1) is 0 Å². The molecule has 0 fully saturated rings. The molecule has 2 rings (SSSR count). The monoisotopic (exact) mass is 221 g/mol. The summed E-state index contributed by atoms with van der Waals surface area (Å²) in [6, 6.07) is 6.47. The van der Waals surface area contributed by atoms with Crippen molar-refractivity contribution in [2.45, 2.75) is 19.9 Å². The van der Waals surface area contributed by atoms with Crippen molar-refractivity contribution in [1.82, 2.24) is 4.57 Å². The molecule has 0 radical (unpaired) electrons. The van der Waals surface area contributed by atoms with E-state index in [-0.39, 0.29) is 12.2 Å². The van der Waals surface area contributed by atoms with Crippen molar-refractivity contribution in [3.63, 3.8) is 0 Å². The van der Waals surface area contributed by atoms with Crippen LogP contribution in [0.2, 0.25) is 0 Å². The molecule has 0 saturated heterocycles. The summed E-state index contributed by atoms with van der Waals surface area (Å²) in [5.41, 5.74) is 1.70. The van der Waals surface area contributed by atoms with Crippen molar-refractivity contribution >= 4 is 16.9 Å². The summed E-state index contributed by atoms with van der Waals surface area (Å²) in [6.45, 7) is 2.26. The molecule has 16 heavy (non-hydrogen) atoms. The molecule has 0 saturated carbocycles. The number of carboxylic acid groups (broad SMARTS) is 1. The lowest BCUT2D eigenvalue weighted by molar-refractivity contribution is -0.137. The number of benzene rings is 1. The van der Waals surface area contributed by atoms with Gasteiger partial charge in [0.15, 0.2) is 0 Å². The maximum Gasteiger partial charge on any atom is 0.305 e. The number of aromatic nitrogens is 1. The largest absolute Gasteiger partial charge is 0.481 e. The molecule has 0 bridgehead atoms. The molecular formula is C12H12FNO2. The van der Waals surface area contributed by atoms with Gasteiger partial charge in [0.25, 0.3) is 0 Å². The highest BCUT2D eigenvalue weighted by molar-refractivity contribution is 5.81. The predicted molar refractivity (Wildman–Crippen MR) is 58.9 cm³/mol. The molecule has 84 valence electrons. The summed E-state index contributed by atoms with van der Waals surface area (Å²) in [7, 11) is 0. The fourth-order valence-electron chi connectivity index (χ4n) is 1.87. The third-order valence-corrected chi connectivity index (χ3v) is 2.62. The van der Waals surface area contributed by atoms with E-state index in [1.807, 2.05) is 17.6 Å². The molecule has 1 aromatic carbocycles. The van der Waals surface area contributed by atoms with Crippen LogP contribution >= 0.6 is 0 Å². The number of carboxylic acids is 1. The molecule has 1 aromatic heterocycles. The van der Waals surface area contributed by atoms with Crippen LogP contribution in [0.4, 0.5) is 4.39 Å². The minimum atomic E-state index is -0.849. The zero-order valence-electron chi connectivity index (χ0n) is 8.90. The highest BCUT2D eigenvalue weighted by atomic mass is 19.1. The minimum Gasteiger partial charge on any atom is -0.481 e. The molecule has 2 aromatic rings. The zero-order valence-corrected chi connectivity index (χ0v) is 8.90. The fraction of sp³-hybridized carbons (Fsp3) is 0.250. The van der Waals surface area contributed by atoms with Gasteiger partial charge in [-0.2, -0.15) is 0 Å². The Hall–Kier alpha value is -1.84. The summed E-state index contributed by atoms with van der Waals surface area (Å²) < 4.78 is 14.9. The van der Waals surface area contributed by atoms with Crippen LogP contribution in [0.1, 0.15) is 12.1 Å². The number of hydrogen-bond acceptors (Lipinski definition) is 1. The third-order valence-electron chi connectivity index (χ3n) is 2.62. The second-order valence-corrected chi connectivity index (χ2v) is 3.78. The molecule has 1 heterocycles. The quantitative estimate of drug-likeness (QED) is 0.865. The van der Waals surface area contributed by atoms with Crippen LogP contribution in [0.5, 0.6) is 0 Å². The number of fused-ring (bicyclic) bond motifs is 1. The van der Waals surface area contributed by atoms with Crippen LogP contribution in [-0.2, 0) is 11.3 Å². The van der Waals surface area contributed by atoms with Gasteiger partial charge in [-0.3, -0.25) is 4.79 Å². The molecule has 0 atom stereocenters. The second-order valence-electron chi connectivity index (χ2n) is 3.78. The Balaban J connectivity index is 2.45. The lowest BCUT2D eigenvalue weighted by Gasteiger charge is -2.05. The molecule has 0 unspecified atom stereocenters. The van der Waals surface area contributed by atoms with Crippen LogP contribution in [0.15, 0.2) is 24.3 Å². The Labute approximate surface area is 92.1 Å². The van der Waals surface area contributed by atoms with Crippen LogP contribution in [-0.4, -0.2) is 15.6 Å². The van der Waals surface area contributed by atoms with E-state index in [2.05, 4.69) is 0 Å². The number of aryl methyl sites for hydroxylation is 2. The molecule has 0 amide bonds. The average molecular weight is 221 g/mol. The normalized spacial score (nSPS) is 10.9. The lowest BCUT2D eigenvalue weighted by Crippen LogP contribution is -2.05. The third kappa shape index (κ3) is 1.91. The van der Waals surface area contributed by atoms with Crippen molar-refractivity contribution in [2.75, 3.05) is 0 Å². The van der Waals surface area contributed by atoms with Gasteiger partial charge in [-0.05, 0) is 31.2 Å². The highest BCUT2D eigenvalue weighted by Gasteiger charge is 2.07. The van der Waals surface area contributed by atoms with Crippen molar-refractivity contribution in [1.29, 1.82) is 0 Å². The smallest absolute Gasteiger partial charge is 0.305 e. The molecule has 3 nitrogen and oxygen atoms in total. The average Bonchev–Trinajstić information content (AvgIpc) is 2.51. The predicted octanol–water partition coefficient (Wildman–Crippen LogP) is 2.56. The Morgan fingerprint density at radius 2 is 2.19 bits per heavy atom. The van der Waals surface area contributed by atoms with Gasteiger partial charge in [0.2, 0.25) is 0 Å². The summed E-state index contributed by atoms with van der Waals surface area (Å²) in [5, 5.41) is 9.58. The van der Waals surface area contributed by atoms with E-state index in [1.165, 1.54) is 12.1 Å². The Kier molecular flexibility index (Phi) is 2.64. The van der Waals surface area contributed by atoms with E-state index in [0.29, 0.717) is 6.54 Å². The summed E-state index contributed by atoms with van der Waals surface area (Å²) in [5.74, 6) is -1.15. The standard InChI is InChI=1S/C12H12FNO2/c1-8-6-9-2-3-10(13)7-11(9)14(8)5-4-12(15)16/h2-3,6-7H,4-5H2,1H3,(H,15,16).